The van der Waals surface area contributed by atoms with Crippen molar-refractivity contribution in [3.8, 4) is 28.7 Å². The van der Waals surface area contributed by atoms with Crippen molar-refractivity contribution in [2.75, 3.05) is 38.2 Å². The average molecular weight is 1110 g/mol. The molecule has 0 aromatic heterocycles. The molecule has 1 aliphatic heterocycles. The van der Waals surface area contributed by atoms with Crippen molar-refractivity contribution in [3.05, 3.63) is 193 Å². The summed E-state index contributed by atoms with van der Waals surface area (Å²) in [6, 6.07) is 42.1. The zero-order valence-electron chi connectivity index (χ0n) is 48.9. The van der Waals surface area contributed by atoms with Crippen LogP contribution in [0.5, 0.6) is 28.7 Å². The molecule has 0 amide bonds. The third-order valence-corrected chi connectivity index (χ3v) is 16.7. The van der Waals surface area contributed by atoms with Gasteiger partial charge in [-0.2, -0.15) is 0 Å². The van der Waals surface area contributed by atoms with Crippen molar-refractivity contribution in [1.29, 1.82) is 0 Å². The first-order chi connectivity index (χ1) is 37.0. The molecule has 8 bridgehead atoms. The SMILES string of the molecule is CC(C)(C)c1cc2c(O)c(c1)Cc1cc(C(C)(C)C)cc(c1OCCCOc1ccc3ccccc3c1[C@@H](c1ccccc1)N1CCCC1)Cc1cc(C(C)(C)C)cc(c1O)Cc1cc(C(C)(C)C)cc(c1OCCCBr)C2. The summed E-state index contributed by atoms with van der Waals surface area (Å²) in [5.74, 6) is 3.15. The van der Waals surface area contributed by atoms with Crippen LogP contribution in [0.3, 0.4) is 0 Å². The van der Waals surface area contributed by atoms with Crippen LogP contribution in [0.15, 0.2) is 115 Å². The minimum atomic E-state index is -0.208. The van der Waals surface area contributed by atoms with Crippen molar-refractivity contribution < 1.29 is 24.4 Å². The fourth-order valence-corrected chi connectivity index (χ4v) is 11.8. The molecule has 1 atom stereocenters. The van der Waals surface area contributed by atoms with Crippen LogP contribution >= 0.6 is 15.9 Å². The van der Waals surface area contributed by atoms with E-state index in [0.717, 1.165) is 97.7 Å². The van der Waals surface area contributed by atoms with Gasteiger partial charge in [0.2, 0.25) is 0 Å². The highest BCUT2D eigenvalue weighted by molar-refractivity contribution is 9.09. The van der Waals surface area contributed by atoms with Crippen LogP contribution in [0.1, 0.15) is 193 Å². The minimum absolute atomic E-state index is 0.0685. The lowest BCUT2D eigenvalue weighted by molar-refractivity contribution is 0.235. The van der Waals surface area contributed by atoms with Crippen LogP contribution in [0.2, 0.25) is 0 Å². The summed E-state index contributed by atoms with van der Waals surface area (Å²) in [4.78, 5) is 2.62. The Morgan fingerprint density at radius 3 is 1.27 bits per heavy atom. The minimum Gasteiger partial charge on any atom is -0.507 e. The first-order valence-corrected chi connectivity index (χ1v) is 29.9. The second-order valence-electron chi connectivity index (χ2n) is 26.4. The molecule has 2 aliphatic rings. The van der Waals surface area contributed by atoms with Gasteiger partial charge in [-0.05, 0) is 143 Å². The van der Waals surface area contributed by atoms with E-state index in [-0.39, 0.29) is 27.7 Å². The lowest BCUT2D eigenvalue weighted by atomic mass is 9.79. The van der Waals surface area contributed by atoms with Crippen LogP contribution in [-0.2, 0) is 47.3 Å². The second kappa shape index (κ2) is 23.1. The number of aromatic hydroxyl groups is 2. The third-order valence-electron chi connectivity index (χ3n) is 16.2. The summed E-state index contributed by atoms with van der Waals surface area (Å²) in [6.45, 7) is 30.6. The van der Waals surface area contributed by atoms with Gasteiger partial charge in [0.05, 0.1) is 25.9 Å². The van der Waals surface area contributed by atoms with Crippen molar-refractivity contribution in [1.82, 2.24) is 4.90 Å². The fraction of sp³-hybridized carbons (Fsp3) is 0.437. The van der Waals surface area contributed by atoms with Crippen molar-refractivity contribution >= 4 is 26.7 Å². The van der Waals surface area contributed by atoms with E-state index in [1.165, 1.54) is 45.9 Å². The Morgan fingerprint density at radius 2 is 0.846 bits per heavy atom. The van der Waals surface area contributed by atoms with Crippen molar-refractivity contribution in [2.24, 2.45) is 0 Å². The highest BCUT2D eigenvalue weighted by Crippen LogP contribution is 2.45. The van der Waals surface area contributed by atoms with Gasteiger partial charge in [-0.15, -0.1) is 0 Å². The van der Waals surface area contributed by atoms with E-state index >= 15 is 0 Å². The maximum Gasteiger partial charge on any atom is 0.126 e. The Balaban J connectivity index is 1.17. The van der Waals surface area contributed by atoms with Crippen molar-refractivity contribution in [2.45, 2.75) is 162 Å². The van der Waals surface area contributed by atoms with E-state index in [1.54, 1.807) is 0 Å². The maximum absolute atomic E-state index is 12.8. The molecule has 7 heteroatoms. The number of benzene rings is 7. The smallest absolute Gasteiger partial charge is 0.126 e. The van der Waals surface area contributed by atoms with Gasteiger partial charge in [-0.1, -0.05) is 208 Å². The number of alkyl halides is 1. The predicted molar refractivity (Wildman–Crippen MR) is 328 cm³/mol. The number of halogens is 1. The molecule has 1 saturated heterocycles. The lowest BCUT2D eigenvalue weighted by Gasteiger charge is -2.31. The number of phenolic OH excluding ortho intramolecular Hbond substituents is 2. The third kappa shape index (κ3) is 12.8. The first kappa shape index (κ1) is 56.9. The average Bonchev–Trinajstić information content (AvgIpc) is 3.98. The van der Waals surface area contributed by atoms with E-state index in [2.05, 4.69) is 219 Å². The van der Waals surface area contributed by atoms with Crippen LogP contribution in [0, 0.1) is 0 Å². The number of nitrogens with zero attached hydrogens (tertiary/aromatic N) is 1. The Morgan fingerprint density at radius 1 is 0.462 bits per heavy atom. The number of ether oxygens (including phenoxy) is 3. The molecule has 7 aromatic rings. The molecule has 9 rings (SSSR count). The van der Waals surface area contributed by atoms with Gasteiger partial charge in [0.15, 0.2) is 0 Å². The van der Waals surface area contributed by atoms with Gasteiger partial charge in [-0.3, -0.25) is 4.90 Å². The predicted octanol–water partition coefficient (Wildman–Crippen LogP) is 17.3. The quantitative estimate of drug-likeness (QED) is 0.0885. The number of rotatable bonds is 13. The highest BCUT2D eigenvalue weighted by Gasteiger charge is 2.31. The second-order valence-corrected chi connectivity index (χ2v) is 27.2. The molecule has 412 valence electrons. The molecule has 1 fully saturated rings. The number of phenols is 2. The van der Waals surface area contributed by atoms with Crippen molar-refractivity contribution in [3.63, 3.8) is 0 Å². The van der Waals surface area contributed by atoms with E-state index in [9.17, 15) is 10.2 Å². The lowest BCUT2D eigenvalue weighted by Crippen LogP contribution is -2.27. The van der Waals surface area contributed by atoms with Gasteiger partial charge in [-0.25, -0.2) is 0 Å². The molecule has 0 spiro atoms. The molecule has 1 heterocycles. The van der Waals surface area contributed by atoms with Gasteiger partial charge in [0, 0.05) is 43.0 Å². The number of hydrogen-bond acceptors (Lipinski definition) is 6. The summed E-state index contributed by atoms with van der Waals surface area (Å²) in [7, 11) is 0. The summed E-state index contributed by atoms with van der Waals surface area (Å²) in [5, 5.41) is 28.8. The Kier molecular flexibility index (Phi) is 16.9. The first-order valence-electron chi connectivity index (χ1n) is 28.8. The van der Waals surface area contributed by atoms with Crippen LogP contribution in [-0.4, -0.2) is 53.4 Å². The van der Waals surface area contributed by atoms with E-state index in [4.69, 9.17) is 14.2 Å². The Hall–Kier alpha value is -5.76. The molecular formula is C71H86BrNO5. The number of likely N-dealkylation sites (tertiary alicyclic amines) is 1. The molecular weight excluding hydrogens is 1030 g/mol. The largest absolute Gasteiger partial charge is 0.507 e. The molecule has 7 aromatic carbocycles. The van der Waals surface area contributed by atoms with Crippen LogP contribution in [0.25, 0.3) is 10.8 Å². The van der Waals surface area contributed by atoms with Gasteiger partial charge >= 0.3 is 0 Å². The van der Waals surface area contributed by atoms with Gasteiger partial charge < -0.3 is 24.4 Å². The molecule has 6 nitrogen and oxygen atoms in total. The standard InChI is InChI=1S/C71H86BrNO5/c1-68(2,3)56-38-48-34-52-42-58(70(7,8)9)43-53(66(52)77-31-20-28-72)35-49-39-57(69(4,5)6)41-51(65(49)75)37-55-45-59(71(10,11)12)44-54(36-50(40-56)64(48)74)67(55)78-33-21-32-76-61-27-26-46-22-16-17-25-60(46)62(61)63(73-29-18-19-30-73)47-23-14-13-15-24-47/h13-17,22-27,38-45,63,74-75H,18-21,28-37H2,1-12H3/t63-/m1/s1. The summed E-state index contributed by atoms with van der Waals surface area (Å²) in [5.41, 5.74) is 13.9. The van der Waals surface area contributed by atoms with E-state index < -0.39 is 0 Å². The van der Waals surface area contributed by atoms with E-state index in [1.807, 2.05) is 0 Å². The topological polar surface area (TPSA) is 71.4 Å². The number of hydrogen-bond donors (Lipinski definition) is 2. The monoisotopic (exact) mass is 1110 g/mol. The molecule has 78 heavy (non-hydrogen) atoms. The summed E-state index contributed by atoms with van der Waals surface area (Å²) < 4.78 is 21.0. The summed E-state index contributed by atoms with van der Waals surface area (Å²) in [6.07, 6.45) is 5.71. The normalized spacial score (nSPS) is 14.9. The molecule has 2 N–H and O–H groups in total. The van der Waals surface area contributed by atoms with Gasteiger partial charge in [0.1, 0.15) is 28.7 Å². The zero-order valence-corrected chi connectivity index (χ0v) is 50.5. The highest BCUT2D eigenvalue weighted by atomic mass is 79.9. The zero-order chi connectivity index (χ0) is 55.7. The Bertz CT molecular complexity index is 3130. The number of fused-ring (bicyclic) bond motifs is 9. The molecule has 0 saturated carbocycles. The fourth-order valence-electron chi connectivity index (χ4n) is 11.5. The maximum atomic E-state index is 12.8. The molecule has 0 unspecified atom stereocenters. The Labute approximate surface area is 475 Å². The molecule has 0 radical (unpaired) electrons. The molecule has 1 aliphatic carbocycles. The van der Waals surface area contributed by atoms with E-state index in [0.29, 0.717) is 63.4 Å². The van der Waals surface area contributed by atoms with Crippen LogP contribution < -0.4 is 14.2 Å². The summed E-state index contributed by atoms with van der Waals surface area (Å²) >= 11 is 3.64. The van der Waals surface area contributed by atoms with Gasteiger partial charge in [0.25, 0.3) is 0 Å². The van der Waals surface area contributed by atoms with Crippen LogP contribution in [0.4, 0.5) is 0 Å².